The smallest absolute Gasteiger partial charge is 0.243 e. The Bertz CT molecular complexity index is 322. The highest BCUT2D eigenvalue weighted by Crippen LogP contribution is 1.94. The molecule has 0 aromatic heterocycles. The molecule has 2 heteroatoms. The van der Waals surface area contributed by atoms with Gasteiger partial charge in [0.1, 0.15) is 0 Å². The number of nitrogens with one attached hydrogen (secondary N) is 1. The molecule has 0 aromatic carbocycles. The Morgan fingerprint density at radius 3 is 2.22 bits per heavy atom. The standard InChI is InChI=1S/C16H25NO/c1-4-5-6-7-8-9-10-11-12-13-16(18)17-14-15(2)3/h4-7,10-13,15H,8-9,14H2,1-3H3,(H,17,18)/b5-4+,7-6+,11-10+,13-12+. The number of allylic oxidation sites excluding steroid dienone is 7. The van der Waals surface area contributed by atoms with E-state index < -0.39 is 0 Å². The summed E-state index contributed by atoms with van der Waals surface area (Å²) < 4.78 is 0. The van der Waals surface area contributed by atoms with E-state index in [4.69, 9.17) is 0 Å². The first-order valence-corrected chi connectivity index (χ1v) is 6.55. The molecule has 1 amide bonds. The van der Waals surface area contributed by atoms with E-state index >= 15 is 0 Å². The highest BCUT2D eigenvalue weighted by Gasteiger charge is 1.95. The second-order valence-corrected chi connectivity index (χ2v) is 4.46. The molecule has 0 atom stereocenters. The normalized spacial score (nSPS) is 12.7. The van der Waals surface area contributed by atoms with Crippen molar-refractivity contribution >= 4 is 5.91 Å². The predicted molar refractivity (Wildman–Crippen MR) is 79.3 cm³/mol. The minimum Gasteiger partial charge on any atom is -0.352 e. The Balaban J connectivity index is 3.64. The van der Waals surface area contributed by atoms with Crippen LogP contribution in [0.5, 0.6) is 0 Å². The van der Waals surface area contributed by atoms with Gasteiger partial charge in [-0.3, -0.25) is 4.79 Å². The van der Waals surface area contributed by atoms with Crippen LogP contribution in [0.3, 0.4) is 0 Å². The van der Waals surface area contributed by atoms with Crippen LogP contribution in [0.1, 0.15) is 33.6 Å². The van der Waals surface area contributed by atoms with Gasteiger partial charge < -0.3 is 5.32 Å². The molecule has 2 nitrogen and oxygen atoms in total. The van der Waals surface area contributed by atoms with Crippen LogP contribution in [0.25, 0.3) is 0 Å². The molecule has 18 heavy (non-hydrogen) atoms. The van der Waals surface area contributed by atoms with E-state index in [0.717, 1.165) is 19.4 Å². The van der Waals surface area contributed by atoms with Crippen molar-refractivity contribution in [3.05, 3.63) is 48.6 Å². The number of carbonyl (C=O) groups is 1. The summed E-state index contributed by atoms with van der Waals surface area (Å²) in [6, 6.07) is 0. The van der Waals surface area contributed by atoms with Gasteiger partial charge in [-0.25, -0.2) is 0 Å². The van der Waals surface area contributed by atoms with Crippen molar-refractivity contribution in [2.75, 3.05) is 6.54 Å². The van der Waals surface area contributed by atoms with E-state index in [0.29, 0.717) is 5.92 Å². The maximum Gasteiger partial charge on any atom is 0.243 e. The van der Waals surface area contributed by atoms with Gasteiger partial charge in [-0.05, 0) is 25.7 Å². The monoisotopic (exact) mass is 247 g/mol. The third kappa shape index (κ3) is 12.5. The molecule has 100 valence electrons. The van der Waals surface area contributed by atoms with Crippen molar-refractivity contribution in [1.82, 2.24) is 5.32 Å². The minimum absolute atomic E-state index is 0.0265. The molecule has 0 aromatic rings. The van der Waals surface area contributed by atoms with Crippen molar-refractivity contribution in [2.24, 2.45) is 5.92 Å². The SMILES string of the molecule is C/C=C/C=C/CC/C=C/C=C/C(=O)NCC(C)C. The lowest BCUT2D eigenvalue weighted by molar-refractivity contribution is -0.116. The fourth-order valence-electron chi connectivity index (χ4n) is 1.16. The number of hydrogen-bond donors (Lipinski definition) is 1. The average Bonchev–Trinajstić information content (AvgIpc) is 2.34. The molecule has 0 aliphatic rings. The van der Waals surface area contributed by atoms with Crippen LogP contribution in [0, 0.1) is 5.92 Å². The second-order valence-electron chi connectivity index (χ2n) is 4.46. The summed E-state index contributed by atoms with van der Waals surface area (Å²) in [6.45, 7) is 6.87. The van der Waals surface area contributed by atoms with Crippen LogP contribution < -0.4 is 5.32 Å². The lowest BCUT2D eigenvalue weighted by Gasteiger charge is -2.03. The molecule has 0 radical (unpaired) electrons. The number of rotatable bonds is 8. The van der Waals surface area contributed by atoms with Crippen LogP contribution in [-0.2, 0) is 4.79 Å². The molecule has 0 unspecified atom stereocenters. The molecule has 0 heterocycles. The molecule has 0 bridgehead atoms. The van der Waals surface area contributed by atoms with Crippen molar-refractivity contribution in [2.45, 2.75) is 33.6 Å². The highest BCUT2D eigenvalue weighted by atomic mass is 16.1. The van der Waals surface area contributed by atoms with Gasteiger partial charge in [-0.15, -0.1) is 0 Å². The molecule has 0 spiro atoms. The molecular formula is C16H25NO. The van der Waals surface area contributed by atoms with E-state index in [1.165, 1.54) is 0 Å². The molecule has 0 fully saturated rings. The molecular weight excluding hydrogens is 222 g/mol. The maximum absolute atomic E-state index is 11.3. The summed E-state index contributed by atoms with van der Waals surface area (Å²) in [7, 11) is 0. The van der Waals surface area contributed by atoms with Crippen LogP contribution in [-0.4, -0.2) is 12.5 Å². The van der Waals surface area contributed by atoms with Crippen molar-refractivity contribution in [3.63, 3.8) is 0 Å². The Hall–Kier alpha value is -1.57. The predicted octanol–water partition coefficient (Wildman–Crippen LogP) is 3.78. The molecule has 0 saturated heterocycles. The summed E-state index contributed by atoms with van der Waals surface area (Å²) in [5, 5.41) is 2.83. The van der Waals surface area contributed by atoms with Gasteiger partial charge in [0, 0.05) is 12.6 Å². The third-order valence-corrected chi connectivity index (χ3v) is 2.12. The first kappa shape index (κ1) is 16.4. The lowest BCUT2D eigenvalue weighted by Crippen LogP contribution is -2.25. The number of amides is 1. The summed E-state index contributed by atoms with van der Waals surface area (Å²) >= 11 is 0. The maximum atomic E-state index is 11.3. The largest absolute Gasteiger partial charge is 0.352 e. The van der Waals surface area contributed by atoms with Gasteiger partial charge >= 0.3 is 0 Å². The first-order chi connectivity index (χ1) is 8.66. The lowest BCUT2D eigenvalue weighted by atomic mass is 10.2. The topological polar surface area (TPSA) is 29.1 Å². The van der Waals surface area contributed by atoms with E-state index in [2.05, 4.69) is 31.3 Å². The Kier molecular flexibility index (Phi) is 10.9. The minimum atomic E-state index is -0.0265. The van der Waals surface area contributed by atoms with E-state index in [1.54, 1.807) is 12.2 Å². The van der Waals surface area contributed by atoms with Gasteiger partial charge in [-0.2, -0.15) is 0 Å². The third-order valence-electron chi connectivity index (χ3n) is 2.12. The summed E-state index contributed by atoms with van der Waals surface area (Å²) in [5.74, 6) is 0.461. The van der Waals surface area contributed by atoms with Crippen LogP contribution in [0.4, 0.5) is 0 Å². The quantitative estimate of drug-likeness (QED) is 0.395. The zero-order valence-electron chi connectivity index (χ0n) is 11.7. The fourth-order valence-corrected chi connectivity index (χ4v) is 1.16. The Morgan fingerprint density at radius 2 is 1.67 bits per heavy atom. The van der Waals surface area contributed by atoms with Crippen molar-refractivity contribution in [1.29, 1.82) is 0 Å². The summed E-state index contributed by atoms with van der Waals surface area (Å²) in [5.41, 5.74) is 0. The second kappa shape index (κ2) is 11.9. The van der Waals surface area contributed by atoms with E-state index in [1.807, 2.05) is 31.2 Å². The van der Waals surface area contributed by atoms with Gasteiger partial charge in [-0.1, -0.05) is 56.4 Å². The van der Waals surface area contributed by atoms with Gasteiger partial charge in [0.15, 0.2) is 0 Å². The Labute approximate surface area is 111 Å². The molecule has 0 rings (SSSR count). The molecule has 0 aliphatic carbocycles. The van der Waals surface area contributed by atoms with Gasteiger partial charge in [0.25, 0.3) is 0 Å². The fraction of sp³-hybridized carbons (Fsp3) is 0.438. The average molecular weight is 247 g/mol. The zero-order valence-corrected chi connectivity index (χ0v) is 11.7. The van der Waals surface area contributed by atoms with Gasteiger partial charge in [0.05, 0.1) is 0 Å². The number of carbonyl (C=O) groups excluding carboxylic acids is 1. The van der Waals surface area contributed by atoms with Crippen LogP contribution in [0.2, 0.25) is 0 Å². The highest BCUT2D eigenvalue weighted by molar-refractivity contribution is 5.87. The first-order valence-electron chi connectivity index (χ1n) is 6.55. The molecule has 1 N–H and O–H groups in total. The Morgan fingerprint density at radius 1 is 1.06 bits per heavy atom. The van der Waals surface area contributed by atoms with Crippen molar-refractivity contribution in [3.8, 4) is 0 Å². The van der Waals surface area contributed by atoms with Crippen LogP contribution >= 0.6 is 0 Å². The van der Waals surface area contributed by atoms with Crippen LogP contribution in [0.15, 0.2) is 48.6 Å². The number of hydrogen-bond acceptors (Lipinski definition) is 1. The van der Waals surface area contributed by atoms with E-state index in [-0.39, 0.29) is 5.91 Å². The van der Waals surface area contributed by atoms with Crippen molar-refractivity contribution < 1.29 is 4.79 Å². The molecule has 0 saturated carbocycles. The number of unbranched alkanes of at least 4 members (excludes halogenated alkanes) is 1. The molecule has 0 aliphatic heterocycles. The van der Waals surface area contributed by atoms with E-state index in [9.17, 15) is 4.79 Å². The van der Waals surface area contributed by atoms with Gasteiger partial charge in [0.2, 0.25) is 5.91 Å². The summed E-state index contributed by atoms with van der Waals surface area (Å²) in [6.07, 6.45) is 17.5. The summed E-state index contributed by atoms with van der Waals surface area (Å²) in [4.78, 5) is 11.3. The zero-order chi connectivity index (χ0) is 13.6.